The van der Waals surface area contributed by atoms with Gasteiger partial charge in [-0.05, 0) is 25.1 Å². The second-order valence-electron chi connectivity index (χ2n) is 5.34. The number of nitrogens with zero attached hydrogens (tertiary/aromatic N) is 2. The number of aromatic nitrogens is 2. The van der Waals surface area contributed by atoms with Crippen LogP contribution in [0.5, 0.6) is 11.5 Å². The lowest BCUT2D eigenvalue weighted by Gasteiger charge is -2.12. The number of aryl methyl sites for hydroxylation is 1. The second-order valence-corrected chi connectivity index (χ2v) is 5.34. The standard InChI is InChI=1S/C17H15N3O3/c1-2-20-13-8-15-14(22-9-23-15)7-12(13)16(19-17(20)21)10-4-3-5-11(18)6-10/h3-8H,2,9,18H2,1H3. The van der Waals surface area contributed by atoms with Gasteiger partial charge in [-0.2, -0.15) is 4.98 Å². The predicted octanol–water partition coefficient (Wildman–Crippen LogP) is 2.39. The smallest absolute Gasteiger partial charge is 0.348 e. The highest BCUT2D eigenvalue weighted by Gasteiger charge is 2.19. The van der Waals surface area contributed by atoms with Gasteiger partial charge >= 0.3 is 5.69 Å². The number of fused-ring (bicyclic) bond motifs is 2. The van der Waals surface area contributed by atoms with Crippen LogP contribution in [-0.4, -0.2) is 16.3 Å². The normalized spacial score (nSPS) is 12.7. The summed E-state index contributed by atoms with van der Waals surface area (Å²) < 4.78 is 12.5. The Morgan fingerprint density at radius 1 is 1.22 bits per heavy atom. The maximum absolute atomic E-state index is 12.4. The molecule has 0 saturated heterocycles. The molecule has 0 fully saturated rings. The topological polar surface area (TPSA) is 79.4 Å². The molecule has 116 valence electrons. The number of nitrogens with two attached hydrogens (primary N) is 1. The van der Waals surface area contributed by atoms with E-state index < -0.39 is 0 Å². The molecule has 0 unspecified atom stereocenters. The lowest BCUT2D eigenvalue weighted by atomic mass is 10.0. The molecule has 0 aliphatic carbocycles. The highest BCUT2D eigenvalue weighted by Crippen LogP contribution is 2.38. The Morgan fingerprint density at radius 2 is 2.00 bits per heavy atom. The summed E-state index contributed by atoms with van der Waals surface area (Å²) in [4.78, 5) is 16.7. The Morgan fingerprint density at radius 3 is 2.74 bits per heavy atom. The SMILES string of the molecule is CCn1c(=O)nc(-c2cccc(N)c2)c2cc3c(cc21)OCO3. The fourth-order valence-corrected chi connectivity index (χ4v) is 2.88. The monoisotopic (exact) mass is 309 g/mol. The van der Waals surface area contributed by atoms with Crippen molar-refractivity contribution in [3.05, 3.63) is 46.9 Å². The van der Waals surface area contributed by atoms with Crippen molar-refractivity contribution < 1.29 is 9.47 Å². The summed E-state index contributed by atoms with van der Waals surface area (Å²) in [5.74, 6) is 1.30. The molecule has 23 heavy (non-hydrogen) atoms. The zero-order chi connectivity index (χ0) is 16.0. The van der Waals surface area contributed by atoms with Gasteiger partial charge < -0.3 is 15.2 Å². The third-order valence-corrected chi connectivity index (χ3v) is 3.95. The lowest BCUT2D eigenvalue weighted by Crippen LogP contribution is -2.23. The van der Waals surface area contributed by atoms with E-state index in [1.165, 1.54) is 0 Å². The molecule has 6 heteroatoms. The van der Waals surface area contributed by atoms with Crippen LogP contribution < -0.4 is 20.9 Å². The van der Waals surface area contributed by atoms with E-state index in [0.717, 1.165) is 16.5 Å². The Balaban J connectivity index is 2.10. The molecule has 1 aliphatic rings. The molecule has 0 spiro atoms. The van der Waals surface area contributed by atoms with E-state index in [0.29, 0.717) is 29.4 Å². The zero-order valence-electron chi connectivity index (χ0n) is 12.6. The van der Waals surface area contributed by atoms with Crippen molar-refractivity contribution >= 4 is 16.6 Å². The van der Waals surface area contributed by atoms with E-state index in [4.69, 9.17) is 15.2 Å². The van der Waals surface area contributed by atoms with E-state index in [1.54, 1.807) is 10.6 Å². The van der Waals surface area contributed by atoms with Gasteiger partial charge in [-0.1, -0.05) is 12.1 Å². The van der Waals surface area contributed by atoms with Crippen molar-refractivity contribution in [1.29, 1.82) is 0 Å². The quantitative estimate of drug-likeness (QED) is 0.735. The van der Waals surface area contributed by atoms with E-state index in [9.17, 15) is 4.79 Å². The molecule has 6 nitrogen and oxygen atoms in total. The first-order valence-electron chi connectivity index (χ1n) is 7.37. The number of nitrogen functional groups attached to an aromatic ring is 1. The van der Waals surface area contributed by atoms with Crippen LogP contribution in [0.2, 0.25) is 0 Å². The third kappa shape index (κ3) is 2.11. The number of ether oxygens (including phenoxy) is 2. The summed E-state index contributed by atoms with van der Waals surface area (Å²) in [5, 5.41) is 0.835. The lowest BCUT2D eigenvalue weighted by molar-refractivity contribution is 0.174. The fraction of sp³-hybridized carbons (Fsp3) is 0.176. The van der Waals surface area contributed by atoms with Gasteiger partial charge in [0, 0.05) is 29.2 Å². The Labute approximate surface area is 132 Å². The molecule has 0 atom stereocenters. The Kier molecular flexibility index (Phi) is 2.97. The van der Waals surface area contributed by atoms with Gasteiger partial charge in [0.2, 0.25) is 6.79 Å². The maximum Gasteiger partial charge on any atom is 0.348 e. The van der Waals surface area contributed by atoms with Crippen molar-refractivity contribution in [2.24, 2.45) is 0 Å². The van der Waals surface area contributed by atoms with Crippen LogP contribution in [0, 0.1) is 0 Å². The molecule has 1 aromatic heterocycles. The van der Waals surface area contributed by atoms with Gasteiger partial charge in [0.25, 0.3) is 0 Å². The van der Waals surface area contributed by atoms with E-state index in [-0.39, 0.29) is 12.5 Å². The highest BCUT2D eigenvalue weighted by molar-refractivity contribution is 5.95. The van der Waals surface area contributed by atoms with Crippen LogP contribution in [0.1, 0.15) is 6.92 Å². The third-order valence-electron chi connectivity index (χ3n) is 3.95. The van der Waals surface area contributed by atoms with Crippen molar-refractivity contribution in [2.75, 3.05) is 12.5 Å². The molecule has 2 aromatic carbocycles. The summed E-state index contributed by atoms with van der Waals surface area (Å²) in [6.07, 6.45) is 0. The first-order valence-corrected chi connectivity index (χ1v) is 7.37. The molecule has 2 N–H and O–H groups in total. The van der Waals surface area contributed by atoms with Crippen LogP contribution in [-0.2, 0) is 6.54 Å². The number of rotatable bonds is 2. The summed E-state index contributed by atoms with van der Waals surface area (Å²) in [7, 11) is 0. The highest BCUT2D eigenvalue weighted by atomic mass is 16.7. The molecule has 3 aromatic rings. The van der Waals surface area contributed by atoms with Crippen LogP contribution in [0.15, 0.2) is 41.2 Å². The van der Waals surface area contributed by atoms with Crippen molar-refractivity contribution in [1.82, 2.24) is 9.55 Å². The van der Waals surface area contributed by atoms with Gasteiger partial charge in [-0.3, -0.25) is 4.57 Å². The van der Waals surface area contributed by atoms with Gasteiger partial charge in [-0.25, -0.2) is 4.79 Å². The molecule has 2 heterocycles. The van der Waals surface area contributed by atoms with Gasteiger partial charge in [0.05, 0.1) is 11.2 Å². The van der Waals surface area contributed by atoms with Gasteiger partial charge in [0.1, 0.15) is 0 Å². The van der Waals surface area contributed by atoms with E-state index in [2.05, 4.69) is 4.98 Å². The molecule has 0 bridgehead atoms. The summed E-state index contributed by atoms with van der Waals surface area (Å²) in [6, 6.07) is 11.0. The molecular weight excluding hydrogens is 294 g/mol. The molecule has 0 saturated carbocycles. The predicted molar refractivity (Wildman–Crippen MR) is 87.6 cm³/mol. The maximum atomic E-state index is 12.4. The van der Waals surface area contributed by atoms with Crippen molar-refractivity contribution in [3.8, 4) is 22.8 Å². The molecule has 1 aliphatic heterocycles. The summed E-state index contributed by atoms with van der Waals surface area (Å²) in [5.41, 5.74) is 8.37. The molecule has 4 rings (SSSR count). The minimum absolute atomic E-state index is 0.184. The molecule has 0 amide bonds. The van der Waals surface area contributed by atoms with E-state index >= 15 is 0 Å². The van der Waals surface area contributed by atoms with Crippen molar-refractivity contribution in [2.45, 2.75) is 13.5 Å². The number of anilines is 1. The first-order chi connectivity index (χ1) is 11.2. The Hall–Kier alpha value is -3.02. The zero-order valence-corrected chi connectivity index (χ0v) is 12.6. The van der Waals surface area contributed by atoms with Crippen LogP contribution in [0.25, 0.3) is 22.2 Å². The van der Waals surface area contributed by atoms with Gasteiger partial charge in [0.15, 0.2) is 11.5 Å². The van der Waals surface area contributed by atoms with Crippen LogP contribution in [0.3, 0.4) is 0 Å². The minimum atomic E-state index is -0.295. The number of benzene rings is 2. The second kappa shape index (κ2) is 5.01. The molecule has 0 radical (unpaired) electrons. The average Bonchev–Trinajstić information content (AvgIpc) is 3.00. The summed E-state index contributed by atoms with van der Waals surface area (Å²) in [6.45, 7) is 2.62. The number of hydrogen-bond acceptors (Lipinski definition) is 5. The van der Waals surface area contributed by atoms with E-state index in [1.807, 2.05) is 37.3 Å². The molecular formula is C17H15N3O3. The summed E-state index contributed by atoms with van der Waals surface area (Å²) >= 11 is 0. The van der Waals surface area contributed by atoms with Crippen molar-refractivity contribution in [3.63, 3.8) is 0 Å². The Bertz CT molecular complexity index is 979. The van der Waals surface area contributed by atoms with Gasteiger partial charge in [-0.15, -0.1) is 0 Å². The van der Waals surface area contributed by atoms with Crippen LogP contribution in [0.4, 0.5) is 5.69 Å². The average molecular weight is 309 g/mol. The largest absolute Gasteiger partial charge is 0.454 e. The fourth-order valence-electron chi connectivity index (χ4n) is 2.88. The van der Waals surface area contributed by atoms with Crippen LogP contribution >= 0.6 is 0 Å². The number of hydrogen-bond donors (Lipinski definition) is 1. The minimum Gasteiger partial charge on any atom is -0.454 e. The first kappa shape index (κ1) is 13.6.